The lowest BCUT2D eigenvalue weighted by atomic mass is 9.92. The summed E-state index contributed by atoms with van der Waals surface area (Å²) in [5.74, 6) is -1.21. The summed E-state index contributed by atoms with van der Waals surface area (Å²) in [7, 11) is 0. The maximum atomic E-state index is 13.1. The van der Waals surface area contributed by atoms with Gasteiger partial charge in [0.15, 0.2) is 6.10 Å². The summed E-state index contributed by atoms with van der Waals surface area (Å²) in [6, 6.07) is 9.99. The van der Waals surface area contributed by atoms with E-state index >= 15 is 0 Å². The predicted molar refractivity (Wildman–Crippen MR) is 93.5 cm³/mol. The third-order valence-corrected chi connectivity index (χ3v) is 4.45. The fourth-order valence-corrected chi connectivity index (χ4v) is 2.97. The summed E-state index contributed by atoms with van der Waals surface area (Å²) in [4.78, 5) is 24.6. The number of nitrogens with one attached hydrogen (secondary N) is 1. The van der Waals surface area contributed by atoms with Gasteiger partial charge in [-0.3, -0.25) is 4.79 Å². The smallest absolute Gasteiger partial charge is 0.418 e. The number of alkyl halides is 3. The number of hydrogen-bond acceptors (Lipinski definition) is 3. The molecule has 1 atom stereocenters. The Kier molecular flexibility index (Phi) is 4.95. The van der Waals surface area contributed by atoms with E-state index in [0.29, 0.717) is 11.1 Å². The maximum Gasteiger partial charge on any atom is 0.418 e. The van der Waals surface area contributed by atoms with E-state index in [-0.39, 0.29) is 18.0 Å². The summed E-state index contributed by atoms with van der Waals surface area (Å²) in [6.45, 7) is 4.00. The van der Waals surface area contributed by atoms with Crippen LogP contribution in [0.1, 0.15) is 46.8 Å². The van der Waals surface area contributed by atoms with Crippen molar-refractivity contribution in [3.05, 3.63) is 64.7 Å². The molecule has 1 amide bonds. The van der Waals surface area contributed by atoms with E-state index in [1.54, 1.807) is 6.07 Å². The summed E-state index contributed by atoms with van der Waals surface area (Å²) in [6.07, 6.45) is -5.68. The van der Waals surface area contributed by atoms with Gasteiger partial charge in [-0.15, -0.1) is 0 Å². The minimum absolute atomic E-state index is 0.113. The molecule has 0 bridgehead atoms. The Labute approximate surface area is 154 Å². The van der Waals surface area contributed by atoms with Gasteiger partial charge in [-0.1, -0.05) is 38.1 Å². The Morgan fingerprint density at radius 1 is 1.19 bits per heavy atom. The van der Waals surface area contributed by atoms with E-state index in [9.17, 15) is 22.8 Å². The Bertz CT molecular complexity index is 890. The lowest BCUT2D eigenvalue weighted by Crippen LogP contribution is -2.38. The van der Waals surface area contributed by atoms with Crippen LogP contribution in [0.25, 0.3) is 0 Å². The third kappa shape index (κ3) is 3.97. The van der Waals surface area contributed by atoms with Crippen molar-refractivity contribution in [3.8, 4) is 0 Å². The molecule has 7 heteroatoms. The first-order valence-corrected chi connectivity index (χ1v) is 8.47. The molecular weight excluding hydrogens is 359 g/mol. The summed E-state index contributed by atoms with van der Waals surface area (Å²) < 4.78 is 44.4. The highest BCUT2D eigenvalue weighted by Crippen LogP contribution is 2.35. The molecular formula is C20H18F3NO3. The van der Waals surface area contributed by atoms with Crippen LogP contribution in [0.3, 0.4) is 0 Å². The van der Waals surface area contributed by atoms with Gasteiger partial charge in [0.1, 0.15) is 0 Å². The Balaban J connectivity index is 1.84. The number of fused-ring (bicyclic) bond motifs is 1. The van der Waals surface area contributed by atoms with Crippen LogP contribution in [-0.2, 0) is 22.1 Å². The van der Waals surface area contributed by atoms with Crippen molar-refractivity contribution in [2.75, 3.05) is 5.32 Å². The highest BCUT2D eigenvalue weighted by molar-refractivity contribution is 6.00. The molecule has 0 saturated carbocycles. The molecule has 1 unspecified atom stereocenters. The highest BCUT2D eigenvalue weighted by Gasteiger charge is 2.36. The Morgan fingerprint density at radius 2 is 1.89 bits per heavy atom. The first-order chi connectivity index (χ1) is 12.7. The number of halogens is 3. The lowest BCUT2D eigenvalue weighted by molar-refractivity contribution is -0.137. The molecule has 1 heterocycles. The lowest BCUT2D eigenvalue weighted by Gasteiger charge is -2.25. The molecule has 0 aromatic heterocycles. The van der Waals surface area contributed by atoms with E-state index < -0.39 is 29.7 Å². The Hall–Kier alpha value is -2.83. The van der Waals surface area contributed by atoms with Crippen LogP contribution >= 0.6 is 0 Å². The van der Waals surface area contributed by atoms with Gasteiger partial charge in [-0.2, -0.15) is 13.2 Å². The van der Waals surface area contributed by atoms with E-state index in [2.05, 4.69) is 5.32 Å². The second-order valence-corrected chi connectivity index (χ2v) is 6.70. The molecule has 1 aliphatic rings. The van der Waals surface area contributed by atoms with Gasteiger partial charge in [-0.25, -0.2) is 4.79 Å². The second-order valence-electron chi connectivity index (χ2n) is 6.70. The maximum absolute atomic E-state index is 13.1. The molecule has 3 rings (SSSR count). The van der Waals surface area contributed by atoms with Crippen molar-refractivity contribution in [2.24, 2.45) is 0 Å². The fourth-order valence-electron chi connectivity index (χ4n) is 2.97. The molecule has 1 N–H and O–H groups in total. The first kappa shape index (κ1) is 18.9. The van der Waals surface area contributed by atoms with Crippen molar-refractivity contribution < 1.29 is 27.5 Å². The zero-order valence-corrected chi connectivity index (χ0v) is 14.8. The number of esters is 1. The van der Waals surface area contributed by atoms with Gasteiger partial charge in [-0.05, 0) is 35.2 Å². The molecule has 4 nitrogen and oxygen atoms in total. The molecule has 0 saturated heterocycles. The summed E-state index contributed by atoms with van der Waals surface area (Å²) in [5.41, 5.74) is 0.710. The number of cyclic esters (lactones) is 1. The third-order valence-electron chi connectivity index (χ3n) is 4.45. The minimum atomic E-state index is -4.61. The molecule has 0 fully saturated rings. The molecule has 27 heavy (non-hydrogen) atoms. The van der Waals surface area contributed by atoms with Gasteiger partial charge >= 0.3 is 12.1 Å². The van der Waals surface area contributed by atoms with Crippen LogP contribution in [0.15, 0.2) is 42.5 Å². The van der Waals surface area contributed by atoms with Crippen molar-refractivity contribution >= 4 is 17.6 Å². The number of ether oxygens (including phenoxy) is 1. The number of rotatable bonds is 3. The zero-order valence-electron chi connectivity index (χ0n) is 14.8. The van der Waals surface area contributed by atoms with Crippen LogP contribution in [0.5, 0.6) is 0 Å². The average molecular weight is 377 g/mol. The van der Waals surface area contributed by atoms with Gasteiger partial charge in [0.25, 0.3) is 5.91 Å². The number of anilines is 1. The second kappa shape index (κ2) is 7.06. The minimum Gasteiger partial charge on any atom is -0.448 e. The van der Waals surface area contributed by atoms with Crippen molar-refractivity contribution in [2.45, 2.75) is 38.5 Å². The molecule has 2 aromatic rings. The topological polar surface area (TPSA) is 55.4 Å². The van der Waals surface area contributed by atoms with E-state index in [4.69, 9.17) is 4.74 Å². The van der Waals surface area contributed by atoms with Crippen LogP contribution in [0, 0.1) is 0 Å². The molecule has 2 aromatic carbocycles. The zero-order chi connectivity index (χ0) is 19.8. The molecule has 142 valence electrons. The van der Waals surface area contributed by atoms with Crippen LogP contribution in [0.2, 0.25) is 0 Å². The molecule has 0 radical (unpaired) electrons. The number of para-hydroxylation sites is 1. The number of amides is 1. The van der Waals surface area contributed by atoms with Crippen molar-refractivity contribution in [3.63, 3.8) is 0 Å². The Morgan fingerprint density at radius 3 is 2.56 bits per heavy atom. The summed E-state index contributed by atoms with van der Waals surface area (Å²) >= 11 is 0. The number of carbonyl (C=O) groups is 2. The van der Waals surface area contributed by atoms with Crippen molar-refractivity contribution in [1.29, 1.82) is 0 Å². The molecule has 0 aliphatic carbocycles. The normalized spacial score (nSPS) is 16.7. The van der Waals surface area contributed by atoms with Gasteiger partial charge in [0.05, 0.1) is 16.8 Å². The quantitative estimate of drug-likeness (QED) is 0.799. The fraction of sp³-hybridized carbons (Fsp3) is 0.300. The van der Waals surface area contributed by atoms with Crippen LogP contribution in [-0.4, -0.2) is 18.0 Å². The molecule has 1 aliphatic heterocycles. The predicted octanol–water partition coefficient (Wildman–Crippen LogP) is 4.55. The first-order valence-electron chi connectivity index (χ1n) is 8.47. The van der Waals surface area contributed by atoms with Crippen LogP contribution in [0.4, 0.5) is 18.9 Å². The average Bonchev–Trinajstić information content (AvgIpc) is 2.60. The largest absolute Gasteiger partial charge is 0.448 e. The van der Waals surface area contributed by atoms with Crippen LogP contribution < -0.4 is 5.32 Å². The van der Waals surface area contributed by atoms with Gasteiger partial charge in [0, 0.05) is 6.42 Å². The van der Waals surface area contributed by atoms with E-state index in [1.165, 1.54) is 12.1 Å². The van der Waals surface area contributed by atoms with E-state index in [1.807, 2.05) is 26.0 Å². The summed E-state index contributed by atoms with van der Waals surface area (Å²) in [5, 5.41) is 2.24. The SMILES string of the molecule is CC(C)c1ccc2c(c1)CC(C(=O)Nc1ccccc1C(F)(F)F)OC2=O. The number of hydrogen-bond donors (Lipinski definition) is 1. The highest BCUT2D eigenvalue weighted by atomic mass is 19.4. The number of carbonyl (C=O) groups excluding carboxylic acids is 2. The van der Waals surface area contributed by atoms with Gasteiger partial charge < -0.3 is 10.1 Å². The van der Waals surface area contributed by atoms with Gasteiger partial charge in [0.2, 0.25) is 0 Å². The number of benzene rings is 2. The van der Waals surface area contributed by atoms with Crippen molar-refractivity contribution in [1.82, 2.24) is 0 Å². The monoisotopic (exact) mass is 377 g/mol. The molecule has 0 spiro atoms. The van der Waals surface area contributed by atoms with E-state index in [0.717, 1.165) is 17.7 Å². The standard InChI is InChI=1S/C20H18F3NO3/c1-11(2)12-7-8-14-13(9-12)10-17(27-19(14)26)18(25)24-16-6-4-3-5-15(16)20(21,22)23/h3-9,11,17H,10H2,1-2H3,(H,24,25).